The van der Waals surface area contributed by atoms with Gasteiger partial charge in [0.05, 0.1) is 0 Å². The van der Waals surface area contributed by atoms with Gasteiger partial charge in [-0.05, 0) is 30.8 Å². The van der Waals surface area contributed by atoms with Crippen molar-refractivity contribution in [3.8, 4) is 0 Å². The van der Waals surface area contributed by atoms with E-state index in [0.29, 0.717) is 0 Å². The molecule has 1 aromatic heterocycles. The van der Waals surface area contributed by atoms with Gasteiger partial charge in [-0.15, -0.1) is 11.3 Å². The Hall–Kier alpha value is -0.380. The Morgan fingerprint density at radius 1 is 1.67 bits per heavy atom. The molecule has 0 spiro atoms. The first-order valence-electron chi connectivity index (χ1n) is 4.33. The fourth-order valence-electron chi connectivity index (χ4n) is 1.64. The third-order valence-electron chi connectivity index (χ3n) is 2.31. The largest absolute Gasteiger partial charge is 0.386 e. The minimum atomic E-state index is -0.299. The summed E-state index contributed by atoms with van der Waals surface area (Å²) in [5.41, 5.74) is 0. The molecule has 0 aliphatic carbocycles. The molecule has 2 atom stereocenters. The smallest absolute Gasteiger partial charge is 0.103 e. The molecule has 0 saturated carbocycles. The van der Waals surface area contributed by atoms with Crippen LogP contribution in [-0.4, -0.2) is 17.7 Å². The number of nitrogens with one attached hydrogen (secondary N) is 1. The summed E-state index contributed by atoms with van der Waals surface area (Å²) < 4.78 is 0. The Balaban J connectivity index is 2.04. The van der Waals surface area contributed by atoms with Gasteiger partial charge in [-0.1, -0.05) is 6.07 Å². The van der Waals surface area contributed by atoms with Gasteiger partial charge in [0, 0.05) is 10.9 Å². The molecule has 0 bridgehead atoms. The standard InChI is InChI=1S/C9H13NOS/c11-9(7-3-1-5-10-7)8-4-2-6-12-8/h2,4,6-7,9-11H,1,3,5H2/t7-,9?/m0/s1. The lowest BCUT2D eigenvalue weighted by molar-refractivity contribution is 0.141. The zero-order valence-electron chi connectivity index (χ0n) is 6.86. The van der Waals surface area contributed by atoms with Crippen LogP contribution in [0, 0.1) is 0 Å². The van der Waals surface area contributed by atoms with Crippen molar-refractivity contribution in [2.75, 3.05) is 6.54 Å². The summed E-state index contributed by atoms with van der Waals surface area (Å²) in [4.78, 5) is 1.08. The summed E-state index contributed by atoms with van der Waals surface area (Å²) >= 11 is 1.63. The van der Waals surface area contributed by atoms with Crippen molar-refractivity contribution < 1.29 is 5.11 Å². The van der Waals surface area contributed by atoms with Crippen molar-refractivity contribution in [3.05, 3.63) is 22.4 Å². The van der Waals surface area contributed by atoms with E-state index in [4.69, 9.17) is 0 Å². The maximum atomic E-state index is 9.86. The van der Waals surface area contributed by atoms with E-state index < -0.39 is 0 Å². The van der Waals surface area contributed by atoms with Crippen LogP contribution in [0.3, 0.4) is 0 Å². The van der Waals surface area contributed by atoms with Gasteiger partial charge in [-0.2, -0.15) is 0 Å². The van der Waals surface area contributed by atoms with Crippen LogP contribution in [-0.2, 0) is 0 Å². The molecule has 1 fully saturated rings. The minimum Gasteiger partial charge on any atom is -0.386 e. The molecule has 0 radical (unpaired) electrons. The highest BCUT2D eigenvalue weighted by Crippen LogP contribution is 2.25. The Morgan fingerprint density at radius 2 is 2.58 bits per heavy atom. The molecule has 1 aromatic rings. The van der Waals surface area contributed by atoms with Crippen molar-refractivity contribution in [1.29, 1.82) is 0 Å². The van der Waals surface area contributed by atoms with Gasteiger partial charge >= 0.3 is 0 Å². The van der Waals surface area contributed by atoms with Crippen LogP contribution >= 0.6 is 11.3 Å². The van der Waals surface area contributed by atoms with Crippen molar-refractivity contribution in [2.45, 2.75) is 25.0 Å². The van der Waals surface area contributed by atoms with Crippen molar-refractivity contribution in [1.82, 2.24) is 5.32 Å². The molecule has 2 nitrogen and oxygen atoms in total. The van der Waals surface area contributed by atoms with Crippen LogP contribution in [0.5, 0.6) is 0 Å². The van der Waals surface area contributed by atoms with E-state index in [1.807, 2.05) is 17.5 Å². The number of aliphatic hydroxyl groups is 1. The van der Waals surface area contributed by atoms with E-state index in [0.717, 1.165) is 17.8 Å². The van der Waals surface area contributed by atoms with Gasteiger partial charge in [0.1, 0.15) is 6.10 Å². The van der Waals surface area contributed by atoms with E-state index in [1.165, 1.54) is 6.42 Å². The molecule has 1 saturated heterocycles. The average molecular weight is 183 g/mol. The molecule has 0 aromatic carbocycles. The highest BCUT2D eigenvalue weighted by atomic mass is 32.1. The first kappa shape index (κ1) is 8.23. The molecule has 1 aliphatic heterocycles. The van der Waals surface area contributed by atoms with Crippen LogP contribution in [0.25, 0.3) is 0 Å². The van der Waals surface area contributed by atoms with Gasteiger partial charge in [-0.3, -0.25) is 0 Å². The number of thiophene rings is 1. The Labute approximate surface area is 76.2 Å². The molecule has 0 amide bonds. The third kappa shape index (κ3) is 1.53. The lowest BCUT2D eigenvalue weighted by Gasteiger charge is -2.16. The predicted octanol–water partition coefficient (Wildman–Crippen LogP) is 1.53. The van der Waals surface area contributed by atoms with Crippen molar-refractivity contribution in [2.24, 2.45) is 0 Å². The summed E-state index contributed by atoms with van der Waals surface area (Å²) in [6.07, 6.45) is 1.99. The van der Waals surface area contributed by atoms with Crippen LogP contribution in [0.1, 0.15) is 23.8 Å². The number of aliphatic hydroxyl groups excluding tert-OH is 1. The minimum absolute atomic E-state index is 0.281. The summed E-state index contributed by atoms with van der Waals surface area (Å²) in [7, 11) is 0. The topological polar surface area (TPSA) is 32.3 Å². The molecule has 1 aliphatic rings. The second-order valence-electron chi connectivity index (χ2n) is 3.16. The van der Waals surface area contributed by atoms with E-state index in [-0.39, 0.29) is 12.1 Å². The molecule has 2 heterocycles. The molecule has 3 heteroatoms. The van der Waals surface area contributed by atoms with Crippen LogP contribution in [0.4, 0.5) is 0 Å². The second kappa shape index (κ2) is 3.56. The number of hydrogen-bond acceptors (Lipinski definition) is 3. The molecule has 1 unspecified atom stereocenters. The highest BCUT2D eigenvalue weighted by Gasteiger charge is 2.24. The maximum absolute atomic E-state index is 9.86. The first-order chi connectivity index (χ1) is 5.88. The van der Waals surface area contributed by atoms with E-state index in [9.17, 15) is 5.11 Å². The summed E-state index contributed by atoms with van der Waals surface area (Å²) in [5, 5.41) is 15.2. The van der Waals surface area contributed by atoms with Crippen LogP contribution in [0.15, 0.2) is 17.5 Å². The Morgan fingerprint density at radius 3 is 3.17 bits per heavy atom. The lowest BCUT2D eigenvalue weighted by atomic mass is 10.1. The molecule has 66 valence electrons. The quantitative estimate of drug-likeness (QED) is 0.729. The van der Waals surface area contributed by atoms with Crippen molar-refractivity contribution >= 4 is 11.3 Å². The fourth-order valence-corrected chi connectivity index (χ4v) is 2.41. The molecular formula is C9H13NOS. The Bertz CT molecular complexity index is 229. The molecule has 2 rings (SSSR count). The van der Waals surface area contributed by atoms with E-state index >= 15 is 0 Å². The van der Waals surface area contributed by atoms with Gasteiger partial charge < -0.3 is 10.4 Å². The van der Waals surface area contributed by atoms with E-state index in [1.54, 1.807) is 11.3 Å². The number of rotatable bonds is 2. The van der Waals surface area contributed by atoms with Gasteiger partial charge in [0.2, 0.25) is 0 Å². The SMILES string of the molecule is OC(c1cccs1)[C@@H]1CCCN1. The van der Waals surface area contributed by atoms with Crippen LogP contribution in [0.2, 0.25) is 0 Å². The normalized spacial score (nSPS) is 25.9. The molecular weight excluding hydrogens is 170 g/mol. The van der Waals surface area contributed by atoms with Crippen LogP contribution < -0.4 is 5.32 Å². The monoisotopic (exact) mass is 183 g/mol. The summed E-state index contributed by atoms with van der Waals surface area (Å²) in [6, 6.07) is 4.26. The maximum Gasteiger partial charge on any atom is 0.103 e. The average Bonchev–Trinajstić information content (AvgIpc) is 2.77. The zero-order chi connectivity index (χ0) is 8.39. The molecule has 2 N–H and O–H groups in total. The summed E-state index contributed by atoms with van der Waals surface area (Å²) in [6.45, 7) is 1.05. The highest BCUT2D eigenvalue weighted by molar-refractivity contribution is 7.10. The van der Waals surface area contributed by atoms with Crippen molar-refractivity contribution in [3.63, 3.8) is 0 Å². The lowest BCUT2D eigenvalue weighted by Crippen LogP contribution is -2.28. The summed E-state index contributed by atoms with van der Waals surface area (Å²) in [5.74, 6) is 0. The number of hydrogen-bond donors (Lipinski definition) is 2. The third-order valence-corrected chi connectivity index (χ3v) is 3.26. The van der Waals surface area contributed by atoms with E-state index in [2.05, 4.69) is 5.32 Å². The first-order valence-corrected chi connectivity index (χ1v) is 5.21. The molecule has 12 heavy (non-hydrogen) atoms. The van der Waals surface area contributed by atoms with Gasteiger partial charge in [0.15, 0.2) is 0 Å². The van der Waals surface area contributed by atoms with Gasteiger partial charge in [-0.25, -0.2) is 0 Å². The Kier molecular flexibility index (Phi) is 2.44. The zero-order valence-corrected chi connectivity index (χ0v) is 7.68. The fraction of sp³-hybridized carbons (Fsp3) is 0.556. The van der Waals surface area contributed by atoms with Gasteiger partial charge in [0.25, 0.3) is 0 Å². The second-order valence-corrected chi connectivity index (χ2v) is 4.14. The predicted molar refractivity (Wildman–Crippen MR) is 50.3 cm³/mol.